The number of piperidine rings is 1. The molecule has 0 radical (unpaired) electrons. The number of nitrogens with one attached hydrogen (secondary N) is 1. The second kappa shape index (κ2) is 9.52. The predicted molar refractivity (Wildman–Crippen MR) is 138 cm³/mol. The molecule has 2 saturated heterocycles. The number of amides is 2. The first-order chi connectivity index (χ1) is 16.9. The van der Waals surface area contributed by atoms with E-state index in [2.05, 4.69) is 22.1 Å². The van der Waals surface area contributed by atoms with Crippen LogP contribution in [-0.2, 0) is 9.53 Å². The van der Waals surface area contributed by atoms with Crippen LogP contribution in [0.2, 0.25) is 0 Å². The number of fused-ring (bicyclic) bond motifs is 1. The van der Waals surface area contributed by atoms with Crippen molar-refractivity contribution in [1.82, 2.24) is 4.98 Å². The fraction of sp³-hybridized carbons (Fsp3) is 0.346. The van der Waals surface area contributed by atoms with Gasteiger partial charge >= 0.3 is 0 Å². The molecule has 35 heavy (non-hydrogen) atoms. The minimum Gasteiger partial charge on any atom is -0.398 e. The Morgan fingerprint density at radius 1 is 1.17 bits per heavy atom. The highest BCUT2D eigenvalue weighted by atomic mass is 16.5. The Kier molecular flexibility index (Phi) is 6.27. The van der Waals surface area contributed by atoms with Crippen LogP contribution in [0.3, 0.4) is 0 Å². The van der Waals surface area contributed by atoms with Gasteiger partial charge in [-0.3, -0.25) is 14.6 Å². The molecule has 0 spiro atoms. The van der Waals surface area contributed by atoms with Crippen LogP contribution in [0.4, 0.5) is 22.7 Å². The van der Waals surface area contributed by atoms with E-state index in [0.29, 0.717) is 36.0 Å². The SMILES string of the molecule is C[C@@H]1C[C@H](N)CN(c2ccncc2NC(=O)c2cc3cc(N4CCOCC4=O)ccc3cc2N)C1. The van der Waals surface area contributed by atoms with Crippen molar-refractivity contribution >= 4 is 45.3 Å². The lowest BCUT2D eigenvalue weighted by atomic mass is 9.96. The highest BCUT2D eigenvalue weighted by molar-refractivity contribution is 6.11. The van der Waals surface area contributed by atoms with Gasteiger partial charge in [-0.2, -0.15) is 0 Å². The van der Waals surface area contributed by atoms with E-state index in [9.17, 15) is 9.59 Å². The average molecular weight is 475 g/mol. The molecule has 9 nitrogen and oxygen atoms in total. The summed E-state index contributed by atoms with van der Waals surface area (Å²) in [5.74, 6) is 0.0554. The molecule has 2 aliphatic heterocycles. The summed E-state index contributed by atoms with van der Waals surface area (Å²) < 4.78 is 5.23. The fourth-order valence-corrected chi connectivity index (χ4v) is 5.00. The third-order valence-corrected chi connectivity index (χ3v) is 6.61. The molecule has 5 rings (SSSR count). The number of hydrogen-bond acceptors (Lipinski definition) is 7. The summed E-state index contributed by atoms with van der Waals surface area (Å²) in [6.07, 6.45) is 4.35. The number of hydrogen-bond donors (Lipinski definition) is 3. The zero-order valence-corrected chi connectivity index (χ0v) is 19.7. The van der Waals surface area contributed by atoms with Gasteiger partial charge in [0.2, 0.25) is 0 Å². The van der Waals surface area contributed by atoms with Gasteiger partial charge in [0.1, 0.15) is 6.61 Å². The number of benzene rings is 2. The first kappa shape index (κ1) is 23.1. The van der Waals surface area contributed by atoms with Crippen molar-refractivity contribution in [3.05, 3.63) is 54.4 Å². The average Bonchev–Trinajstić information content (AvgIpc) is 2.83. The molecule has 9 heteroatoms. The lowest BCUT2D eigenvalue weighted by Gasteiger charge is -2.37. The third kappa shape index (κ3) is 4.78. The van der Waals surface area contributed by atoms with Crippen LogP contribution in [0, 0.1) is 5.92 Å². The number of carbonyl (C=O) groups is 2. The van der Waals surface area contributed by atoms with Crippen molar-refractivity contribution in [2.45, 2.75) is 19.4 Å². The van der Waals surface area contributed by atoms with Crippen LogP contribution in [0.5, 0.6) is 0 Å². The number of aromatic nitrogens is 1. The maximum Gasteiger partial charge on any atom is 0.257 e. The summed E-state index contributed by atoms with van der Waals surface area (Å²) in [6.45, 7) is 4.82. The molecule has 2 aromatic carbocycles. The van der Waals surface area contributed by atoms with Crippen molar-refractivity contribution in [2.75, 3.05) is 53.7 Å². The predicted octanol–water partition coefficient (Wildman–Crippen LogP) is 2.61. The van der Waals surface area contributed by atoms with E-state index in [-0.39, 0.29) is 24.5 Å². The number of pyridine rings is 1. The molecule has 182 valence electrons. The zero-order valence-electron chi connectivity index (χ0n) is 19.7. The van der Waals surface area contributed by atoms with Gasteiger partial charge in [-0.15, -0.1) is 0 Å². The molecule has 2 fully saturated rings. The number of nitrogen functional groups attached to an aromatic ring is 1. The molecule has 0 aliphatic carbocycles. The van der Waals surface area contributed by atoms with Gasteiger partial charge in [-0.05, 0) is 53.4 Å². The van der Waals surface area contributed by atoms with Crippen LogP contribution < -0.4 is 26.6 Å². The summed E-state index contributed by atoms with van der Waals surface area (Å²) in [5.41, 5.74) is 15.5. The smallest absolute Gasteiger partial charge is 0.257 e. The molecule has 3 aromatic rings. The normalized spacial score (nSPS) is 20.8. The maximum absolute atomic E-state index is 13.3. The molecule has 0 bridgehead atoms. The number of nitrogens with two attached hydrogens (primary N) is 2. The minimum absolute atomic E-state index is 0.0710. The number of ether oxygens (including phenoxy) is 1. The summed E-state index contributed by atoms with van der Waals surface area (Å²) in [5, 5.41) is 4.71. The van der Waals surface area contributed by atoms with Crippen molar-refractivity contribution in [3.8, 4) is 0 Å². The number of morpholine rings is 1. The largest absolute Gasteiger partial charge is 0.398 e. The van der Waals surface area contributed by atoms with Gasteiger partial charge in [0, 0.05) is 43.2 Å². The molecule has 3 heterocycles. The Labute approximate surface area is 204 Å². The van der Waals surface area contributed by atoms with Crippen molar-refractivity contribution in [2.24, 2.45) is 11.7 Å². The second-order valence-corrected chi connectivity index (χ2v) is 9.42. The molecule has 1 aromatic heterocycles. The molecule has 5 N–H and O–H groups in total. The van der Waals surface area contributed by atoms with Gasteiger partial charge in [0.15, 0.2) is 0 Å². The standard InChI is InChI=1S/C26H30N6O3/c1-16-8-19(27)14-31(13-16)24-4-5-29-12-23(24)30-26(34)21-10-18-9-20(3-2-17(18)11-22(21)28)32-6-7-35-15-25(32)33/h2-5,9-12,16,19H,6-8,13-15,27-28H2,1H3,(H,30,34)/t16-,19+/m1/s1. The van der Waals surface area contributed by atoms with E-state index in [1.807, 2.05) is 24.3 Å². The Hall–Kier alpha value is -3.69. The molecule has 2 atom stereocenters. The number of anilines is 4. The fourth-order valence-electron chi connectivity index (χ4n) is 5.00. The molecule has 0 saturated carbocycles. The highest BCUT2D eigenvalue weighted by Gasteiger charge is 2.25. The number of rotatable bonds is 4. The molecule has 2 aliphatic rings. The number of carbonyl (C=O) groups excluding carboxylic acids is 2. The molecular weight excluding hydrogens is 444 g/mol. The van der Waals surface area contributed by atoms with E-state index < -0.39 is 0 Å². The molecule has 0 unspecified atom stereocenters. The quantitative estimate of drug-likeness (QED) is 0.496. The van der Waals surface area contributed by atoms with Crippen molar-refractivity contribution < 1.29 is 14.3 Å². The molecule has 2 amide bonds. The van der Waals surface area contributed by atoms with Crippen LogP contribution in [0.15, 0.2) is 48.8 Å². The Balaban J connectivity index is 1.43. The van der Waals surface area contributed by atoms with Crippen molar-refractivity contribution in [3.63, 3.8) is 0 Å². The lowest BCUT2D eigenvalue weighted by molar-refractivity contribution is -0.125. The van der Waals surface area contributed by atoms with E-state index in [4.69, 9.17) is 16.2 Å². The van der Waals surface area contributed by atoms with E-state index >= 15 is 0 Å². The van der Waals surface area contributed by atoms with Gasteiger partial charge in [-0.25, -0.2) is 0 Å². The van der Waals surface area contributed by atoms with Gasteiger partial charge in [-0.1, -0.05) is 13.0 Å². The van der Waals surface area contributed by atoms with Crippen LogP contribution in [-0.4, -0.2) is 55.7 Å². The zero-order chi connectivity index (χ0) is 24.5. The third-order valence-electron chi connectivity index (χ3n) is 6.61. The van der Waals surface area contributed by atoms with E-state index in [0.717, 1.165) is 41.7 Å². The van der Waals surface area contributed by atoms with Crippen LogP contribution in [0.25, 0.3) is 10.8 Å². The molecular formula is C26H30N6O3. The summed E-state index contributed by atoms with van der Waals surface area (Å²) in [4.78, 5) is 33.7. The summed E-state index contributed by atoms with van der Waals surface area (Å²) in [6, 6.07) is 11.2. The van der Waals surface area contributed by atoms with E-state index in [1.54, 1.807) is 29.4 Å². The summed E-state index contributed by atoms with van der Waals surface area (Å²) in [7, 11) is 0. The first-order valence-corrected chi connectivity index (χ1v) is 11.9. The van der Waals surface area contributed by atoms with Crippen LogP contribution >= 0.6 is 0 Å². The first-order valence-electron chi connectivity index (χ1n) is 11.9. The Morgan fingerprint density at radius 3 is 2.83 bits per heavy atom. The monoisotopic (exact) mass is 474 g/mol. The Morgan fingerprint density at radius 2 is 2.03 bits per heavy atom. The van der Waals surface area contributed by atoms with Crippen LogP contribution in [0.1, 0.15) is 23.7 Å². The topological polar surface area (TPSA) is 127 Å². The lowest BCUT2D eigenvalue weighted by Crippen LogP contribution is -2.46. The number of nitrogens with zero attached hydrogens (tertiary/aromatic N) is 3. The van der Waals surface area contributed by atoms with E-state index in [1.165, 1.54) is 0 Å². The van der Waals surface area contributed by atoms with Gasteiger partial charge in [0.25, 0.3) is 11.8 Å². The van der Waals surface area contributed by atoms with Gasteiger partial charge in [0.05, 0.1) is 29.7 Å². The minimum atomic E-state index is -0.319. The summed E-state index contributed by atoms with van der Waals surface area (Å²) >= 11 is 0. The van der Waals surface area contributed by atoms with Gasteiger partial charge < -0.3 is 31.3 Å². The van der Waals surface area contributed by atoms with Crippen molar-refractivity contribution in [1.29, 1.82) is 0 Å². The maximum atomic E-state index is 13.3. The Bertz CT molecular complexity index is 1270. The highest BCUT2D eigenvalue weighted by Crippen LogP contribution is 2.31. The second-order valence-electron chi connectivity index (χ2n) is 9.42.